The van der Waals surface area contributed by atoms with Gasteiger partial charge in [0.2, 0.25) is 0 Å². The van der Waals surface area contributed by atoms with Crippen molar-refractivity contribution in [2.75, 3.05) is 9.80 Å². The minimum absolute atomic E-state index is 0.401. The van der Waals surface area contributed by atoms with Crippen LogP contribution in [0.4, 0.5) is 34.1 Å². The summed E-state index contributed by atoms with van der Waals surface area (Å²) < 4.78 is 2.49. The largest absolute Gasteiger partial charge is 0.309 e. The maximum absolute atomic E-state index is 2.63. The van der Waals surface area contributed by atoms with Crippen LogP contribution in [-0.2, 0) is 21.7 Å². The van der Waals surface area contributed by atoms with E-state index in [0.717, 1.165) is 5.69 Å². The lowest BCUT2D eigenvalue weighted by Crippen LogP contribution is -2.38. The summed E-state index contributed by atoms with van der Waals surface area (Å²) in [5.74, 6) is 0. The highest BCUT2D eigenvalue weighted by molar-refractivity contribution is 6.13. The van der Waals surface area contributed by atoms with Crippen molar-refractivity contribution in [1.29, 1.82) is 0 Å². The fourth-order valence-electron chi connectivity index (χ4n) is 20.1. The van der Waals surface area contributed by atoms with Crippen molar-refractivity contribution in [2.45, 2.75) is 77.0 Å². The summed E-state index contributed by atoms with van der Waals surface area (Å²) >= 11 is 0. The molecule has 4 aliphatic heterocycles. The number of fused-ring (bicyclic) bond motifs is 15. The van der Waals surface area contributed by atoms with Crippen LogP contribution in [0, 0.1) is 0 Å². The van der Waals surface area contributed by atoms with Gasteiger partial charge in [0, 0.05) is 38.1 Å². The third-order valence-electron chi connectivity index (χ3n) is 25.9. The predicted octanol–water partition coefficient (Wildman–Crippen LogP) is 28.9. The van der Waals surface area contributed by atoms with E-state index in [-0.39, 0.29) is 0 Å². The van der Waals surface area contributed by atoms with Gasteiger partial charge in [-0.1, -0.05) is 280 Å². The molecule has 109 heavy (non-hydrogen) atoms. The molecule has 3 heteroatoms. The molecule has 0 N–H and O–H groups in total. The second-order valence-electron chi connectivity index (χ2n) is 33.2. The highest BCUT2D eigenvalue weighted by atomic mass is 15.2. The minimum atomic E-state index is -0.401. The molecule has 22 rings (SSSR count). The van der Waals surface area contributed by atoms with Crippen LogP contribution in [0.15, 0.2) is 334 Å². The van der Waals surface area contributed by atoms with Crippen LogP contribution in [0.25, 0.3) is 137 Å². The van der Waals surface area contributed by atoms with Gasteiger partial charge in [0.25, 0.3) is 0 Å². The first-order valence-electron chi connectivity index (χ1n) is 38.7. The molecular weight excluding hydrogens is 1320 g/mol. The monoisotopic (exact) mass is 1390 g/mol. The molecule has 18 aromatic rings. The van der Waals surface area contributed by atoms with Crippen LogP contribution in [-0.4, -0.2) is 4.57 Å². The van der Waals surface area contributed by atoms with Crippen molar-refractivity contribution in [3.8, 4) is 72.4 Å². The zero-order chi connectivity index (χ0) is 73.1. The second kappa shape index (κ2) is 22.9. The maximum atomic E-state index is 2.63. The molecule has 1 aromatic heterocycles. The van der Waals surface area contributed by atoms with Crippen LogP contribution in [0.3, 0.4) is 0 Å². The molecule has 4 aliphatic rings. The molecule has 0 aliphatic carbocycles. The normalized spacial score (nSPS) is 15.0. The topological polar surface area (TPSA) is 11.4 Å². The minimum Gasteiger partial charge on any atom is -0.309 e. The van der Waals surface area contributed by atoms with E-state index in [0.29, 0.717) is 0 Å². The van der Waals surface area contributed by atoms with Crippen molar-refractivity contribution < 1.29 is 0 Å². The van der Waals surface area contributed by atoms with Crippen molar-refractivity contribution in [3.05, 3.63) is 378 Å². The Balaban J connectivity index is 0.746. The van der Waals surface area contributed by atoms with Gasteiger partial charge < -0.3 is 14.4 Å². The summed E-state index contributed by atoms with van der Waals surface area (Å²) in [7, 11) is 0. The first-order chi connectivity index (χ1) is 53.1. The smallest absolute Gasteiger partial charge is 0.0544 e. The van der Waals surface area contributed by atoms with Crippen LogP contribution in [0.2, 0.25) is 0 Å². The van der Waals surface area contributed by atoms with Crippen LogP contribution < -0.4 is 9.80 Å². The molecule has 17 aromatic carbocycles. The molecule has 0 spiro atoms. The molecule has 0 bridgehead atoms. The summed E-state index contributed by atoms with van der Waals surface area (Å²) in [4.78, 5) is 5.26. The van der Waals surface area contributed by atoms with E-state index in [9.17, 15) is 0 Å². The lowest BCUT2D eigenvalue weighted by molar-refractivity contribution is 0.597. The third-order valence-corrected chi connectivity index (χ3v) is 25.9. The number of para-hydroxylation sites is 1. The fraction of sp³-hybridized carbons (Fsp3) is 0.113. The molecule has 0 unspecified atom stereocenters. The van der Waals surface area contributed by atoms with E-state index in [1.807, 2.05) is 0 Å². The molecule has 0 radical (unpaired) electrons. The lowest BCUT2D eigenvalue weighted by Gasteiger charge is -2.50. The van der Waals surface area contributed by atoms with Crippen molar-refractivity contribution in [1.82, 2.24) is 4.57 Å². The third kappa shape index (κ3) is 9.11. The van der Waals surface area contributed by atoms with Crippen LogP contribution >= 0.6 is 0 Å². The SMILES string of the molecule is CC1(C)c2cc(-c3cccc4ccccc34)ccc2N2c3ccc(-c4cccc5ccccc45)cc3C(C)(C)c3cc(-c4ccc5c(c4)c4cc(-c6cc7c8c(c6)C(C)(C)c6cc(-c9cccc%10ccccc9%10)ccc6N8c6ccc(-c8cccc9ccccc89)cc6C7(C)C)ccc4n5-c4ccccc4)cc1c32. The summed E-state index contributed by atoms with van der Waals surface area (Å²) in [6.45, 7) is 19.8. The second-order valence-corrected chi connectivity index (χ2v) is 33.2. The van der Waals surface area contributed by atoms with Gasteiger partial charge in [0.1, 0.15) is 0 Å². The number of anilines is 6. The molecule has 518 valence electrons. The predicted molar refractivity (Wildman–Crippen MR) is 461 cm³/mol. The highest BCUT2D eigenvalue weighted by Gasteiger charge is 2.49. The average molecular weight is 1390 g/mol. The zero-order valence-electron chi connectivity index (χ0n) is 62.6. The van der Waals surface area contributed by atoms with Gasteiger partial charge in [0.15, 0.2) is 0 Å². The van der Waals surface area contributed by atoms with Gasteiger partial charge in [-0.2, -0.15) is 0 Å². The first-order valence-corrected chi connectivity index (χ1v) is 38.7. The summed E-state index contributed by atoms with van der Waals surface area (Å²) in [6.07, 6.45) is 0. The van der Waals surface area contributed by atoms with E-state index in [1.54, 1.807) is 0 Å². The van der Waals surface area contributed by atoms with Gasteiger partial charge >= 0.3 is 0 Å². The highest BCUT2D eigenvalue weighted by Crippen LogP contribution is 2.64. The van der Waals surface area contributed by atoms with Gasteiger partial charge in [-0.25, -0.2) is 0 Å². The van der Waals surface area contributed by atoms with Gasteiger partial charge in [-0.15, -0.1) is 0 Å². The average Bonchev–Trinajstić information content (AvgIpc) is 1.03. The van der Waals surface area contributed by atoms with Crippen LogP contribution in [0.1, 0.15) is 99.9 Å². The number of benzene rings is 17. The van der Waals surface area contributed by atoms with E-state index in [1.165, 1.54) is 210 Å². The fourth-order valence-corrected chi connectivity index (χ4v) is 20.1. The molecule has 0 atom stereocenters. The van der Waals surface area contributed by atoms with Crippen molar-refractivity contribution in [2.24, 2.45) is 0 Å². The Hall–Kier alpha value is -12.8. The van der Waals surface area contributed by atoms with E-state index < -0.39 is 21.7 Å². The molecular formula is C106H79N3. The van der Waals surface area contributed by atoms with Gasteiger partial charge in [-0.05, 0) is 264 Å². The maximum Gasteiger partial charge on any atom is 0.0544 e. The number of nitrogens with zero attached hydrogens (tertiary/aromatic N) is 3. The molecule has 5 heterocycles. The Labute approximate surface area is 636 Å². The Bertz CT molecular complexity index is 6250. The molecule has 0 saturated carbocycles. The number of rotatable bonds is 7. The Morgan fingerprint density at radius 2 is 0.450 bits per heavy atom. The van der Waals surface area contributed by atoms with Crippen molar-refractivity contribution in [3.63, 3.8) is 0 Å². The Morgan fingerprint density at radius 1 is 0.193 bits per heavy atom. The first kappa shape index (κ1) is 63.5. The molecule has 0 amide bonds. The number of hydrogen-bond donors (Lipinski definition) is 0. The lowest BCUT2D eigenvalue weighted by atomic mass is 9.65. The van der Waals surface area contributed by atoms with E-state index in [4.69, 9.17) is 0 Å². The summed E-state index contributed by atoms with van der Waals surface area (Å²) in [5.41, 5.74) is 34.7. The number of hydrogen-bond acceptors (Lipinski definition) is 2. The summed E-state index contributed by atoms with van der Waals surface area (Å²) in [5, 5.41) is 12.5. The zero-order valence-corrected chi connectivity index (χ0v) is 62.6. The van der Waals surface area contributed by atoms with Gasteiger partial charge in [-0.3, -0.25) is 0 Å². The summed E-state index contributed by atoms with van der Waals surface area (Å²) in [6, 6.07) is 127. The van der Waals surface area contributed by atoms with E-state index in [2.05, 4.69) is 403 Å². The quantitative estimate of drug-likeness (QED) is 0.158. The Morgan fingerprint density at radius 3 is 0.752 bits per heavy atom. The van der Waals surface area contributed by atoms with Crippen molar-refractivity contribution >= 4 is 99.0 Å². The standard InChI is InChI=1S/C106H79N3/c1-103(2)87-56-70(81-38-20-28-64-24-12-16-34-77(64)81)44-50-97(87)108-98-51-45-71(82-39-21-29-65-25-13-17-35-78(65)82)57-88(98)104(3,4)92-61-74(60-91(103)101(92)108)68-42-48-95-85(54-68)86-55-69(43-49-96(86)107(95)76-32-10-9-11-33-76)75-62-93-102-94(63-75)106(7,8)90-59-73(84-41-23-31-67-27-15-19-37-80(67)84)47-53-100(90)109(102)99-52-46-72(58-89(99)105(93,5)6)83-40-22-30-66-26-14-18-36-79(66)83/h9-63H,1-8H3. The van der Waals surface area contributed by atoms with Crippen LogP contribution in [0.5, 0.6) is 0 Å². The Kier molecular flexibility index (Phi) is 13.3. The molecule has 0 saturated heterocycles. The van der Waals surface area contributed by atoms with E-state index >= 15 is 0 Å². The van der Waals surface area contributed by atoms with Gasteiger partial charge in [0.05, 0.1) is 45.2 Å². The molecule has 0 fully saturated rings. The number of aromatic nitrogens is 1. The molecule has 3 nitrogen and oxygen atoms in total.